The Hall–Kier alpha value is -2.33. The molecule has 4 nitrogen and oxygen atoms in total. The van der Waals surface area contributed by atoms with Crippen LogP contribution >= 0.6 is 0 Å². The molecule has 1 aliphatic rings. The number of amides is 1. The zero-order chi connectivity index (χ0) is 22.4. The van der Waals surface area contributed by atoms with Crippen molar-refractivity contribution in [3.8, 4) is 5.75 Å². The summed E-state index contributed by atoms with van der Waals surface area (Å²) in [5.74, 6) is 1.84. The molecule has 1 fully saturated rings. The van der Waals surface area contributed by atoms with Gasteiger partial charge in [-0.3, -0.25) is 4.79 Å². The van der Waals surface area contributed by atoms with E-state index in [1.807, 2.05) is 35.2 Å². The lowest BCUT2D eigenvalue weighted by molar-refractivity contribution is -0.131. The van der Waals surface area contributed by atoms with Crippen molar-refractivity contribution in [3.05, 3.63) is 65.7 Å². The quantitative estimate of drug-likeness (QED) is 0.524. The summed E-state index contributed by atoms with van der Waals surface area (Å²) < 4.78 is 11.7. The van der Waals surface area contributed by atoms with Crippen molar-refractivity contribution in [1.82, 2.24) is 4.90 Å². The predicted octanol–water partition coefficient (Wildman–Crippen LogP) is 5.98. The van der Waals surface area contributed by atoms with Gasteiger partial charge in [-0.1, -0.05) is 48.5 Å². The van der Waals surface area contributed by atoms with Crippen LogP contribution in [0.3, 0.4) is 0 Å². The molecule has 0 saturated carbocycles. The molecule has 1 amide bonds. The van der Waals surface area contributed by atoms with E-state index >= 15 is 0 Å². The number of hydrogen-bond acceptors (Lipinski definition) is 3. The van der Waals surface area contributed by atoms with Gasteiger partial charge in [-0.15, -0.1) is 0 Å². The first-order valence-electron chi connectivity index (χ1n) is 11.4. The molecule has 4 heteroatoms. The largest absolute Gasteiger partial charge is 0.496 e. The second-order valence-corrected chi connectivity index (χ2v) is 9.30. The van der Waals surface area contributed by atoms with Crippen LogP contribution in [0.25, 0.3) is 0 Å². The minimum absolute atomic E-state index is 0.0446. The van der Waals surface area contributed by atoms with Gasteiger partial charge in [-0.05, 0) is 69.1 Å². The third-order valence-corrected chi connectivity index (χ3v) is 6.68. The number of methoxy groups -OCH3 is 1. The van der Waals surface area contributed by atoms with Crippen LogP contribution in [0.1, 0.15) is 70.0 Å². The molecule has 0 unspecified atom stereocenters. The van der Waals surface area contributed by atoms with Crippen molar-refractivity contribution in [2.24, 2.45) is 5.92 Å². The third-order valence-electron chi connectivity index (χ3n) is 6.68. The molecule has 0 N–H and O–H groups in total. The Kier molecular flexibility index (Phi) is 7.77. The van der Waals surface area contributed by atoms with E-state index in [1.54, 1.807) is 14.0 Å². The molecule has 0 aromatic heterocycles. The lowest BCUT2D eigenvalue weighted by Crippen LogP contribution is -2.38. The average molecular weight is 424 g/mol. The van der Waals surface area contributed by atoms with E-state index in [0.29, 0.717) is 18.4 Å². The molecule has 2 aromatic carbocycles. The van der Waals surface area contributed by atoms with E-state index in [-0.39, 0.29) is 17.6 Å². The van der Waals surface area contributed by atoms with Crippen LogP contribution in [0.4, 0.5) is 0 Å². The van der Waals surface area contributed by atoms with Gasteiger partial charge in [0.2, 0.25) is 5.91 Å². The van der Waals surface area contributed by atoms with Gasteiger partial charge in [-0.25, -0.2) is 0 Å². The molecule has 0 bridgehead atoms. The highest BCUT2D eigenvalue weighted by atomic mass is 16.5. The highest BCUT2D eigenvalue weighted by Gasteiger charge is 2.35. The second-order valence-electron chi connectivity index (χ2n) is 9.30. The molecule has 0 spiro atoms. The third kappa shape index (κ3) is 5.88. The minimum atomic E-state index is -0.124. The van der Waals surface area contributed by atoms with Gasteiger partial charge in [0.15, 0.2) is 0 Å². The Bertz CT molecular complexity index is 849. The SMILES string of the molecule is COc1ccccc1[C@H](CCN(C(C)=O)[C@H](C)c1ccccc1)[C@H]1CCOC(C)(C)C1. The monoisotopic (exact) mass is 423 g/mol. The number of benzene rings is 2. The van der Waals surface area contributed by atoms with Gasteiger partial charge < -0.3 is 14.4 Å². The lowest BCUT2D eigenvalue weighted by atomic mass is 9.74. The van der Waals surface area contributed by atoms with Crippen molar-refractivity contribution >= 4 is 5.91 Å². The lowest BCUT2D eigenvalue weighted by Gasteiger charge is -2.40. The maximum atomic E-state index is 12.6. The minimum Gasteiger partial charge on any atom is -0.496 e. The summed E-state index contributed by atoms with van der Waals surface area (Å²) in [7, 11) is 1.74. The number of rotatable bonds is 8. The Morgan fingerprint density at radius 3 is 2.48 bits per heavy atom. The second kappa shape index (κ2) is 10.3. The maximum absolute atomic E-state index is 12.6. The van der Waals surface area contributed by atoms with Crippen molar-refractivity contribution < 1.29 is 14.3 Å². The molecular weight excluding hydrogens is 386 g/mol. The predicted molar refractivity (Wildman–Crippen MR) is 125 cm³/mol. The van der Waals surface area contributed by atoms with E-state index in [9.17, 15) is 4.79 Å². The summed E-state index contributed by atoms with van der Waals surface area (Å²) in [5, 5.41) is 0. The van der Waals surface area contributed by atoms with Crippen molar-refractivity contribution in [1.29, 1.82) is 0 Å². The fraction of sp³-hybridized carbons (Fsp3) is 0.519. The van der Waals surface area contributed by atoms with Crippen LogP contribution in [0.15, 0.2) is 54.6 Å². The number of hydrogen-bond donors (Lipinski definition) is 0. The molecule has 0 radical (unpaired) electrons. The molecule has 1 saturated heterocycles. The first kappa shape index (κ1) is 23.3. The molecule has 1 heterocycles. The Morgan fingerprint density at radius 1 is 1.16 bits per heavy atom. The van der Waals surface area contributed by atoms with Gasteiger partial charge in [0.25, 0.3) is 0 Å². The summed E-state index contributed by atoms with van der Waals surface area (Å²) >= 11 is 0. The van der Waals surface area contributed by atoms with Crippen molar-refractivity contribution in [2.75, 3.05) is 20.3 Å². The smallest absolute Gasteiger partial charge is 0.219 e. The summed E-state index contributed by atoms with van der Waals surface area (Å²) in [4.78, 5) is 14.6. The maximum Gasteiger partial charge on any atom is 0.219 e. The zero-order valence-corrected chi connectivity index (χ0v) is 19.6. The van der Waals surface area contributed by atoms with E-state index in [0.717, 1.165) is 31.6 Å². The van der Waals surface area contributed by atoms with E-state index in [2.05, 4.69) is 45.0 Å². The Morgan fingerprint density at radius 2 is 1.84 bits per heavy atom. The zero-order valence-electron chi connectivity index (χ0n) is 19.6. The van der Waals surface area contributed by atoms with E-state index < -0.39 is 0 Å². The van der Waals surface area contributed by atoms with Gasteiger partial charge >= 0.3 is 0 Å². The topological polar surface area (TPSA) is 38.8 Å². The molecule has 168 valence electrons. The summed E-state index contributed by atoms with van der Waals surface area (Å²) in [6.07, 6.45) is 2.93. The molecule has 1 aliphatic heterocycles. The molecule has 3 rings (SSSR count). The Balaban J connectivity index is 1.86. The van der Waals surface area contributed by atoms with Crippen LogP contribution in [0.2, 0.25) is 0 Å². The number of para-hydroxylation sites is 1. The van der Waals surface area contributed by atoms with Crippen LogP contribution < -0.4 is 4.74 Å². The fourth-order valence-electron chi connectivity index (χ4n) is 5.05. The van der Waals surface area contributed by atoms with Gasteiger partial charge in [0, 0.05) is 20.1 Å². The highest BCUT2D eigenvalue weighted by Crippen LogP contribution is 2.43. The fourth-order valence-corrected chi connectivity index (χ4v) is 5.05. The highest BCUT2D eigenvalue weighted by molar-refractivity contribution is 5.73. The normalized spacial score (nSPS) is 20.0. The van der Waals surface area contributed by atoms with Crippen LogP contribution in [0, 0.1) is 5.92 Å². The number of nitrogens with zero attached hydrogens (tertiary/aromatic N) is 1. The molecule has 3 atom stereocenters. The van der Waals surface area contributed by atoms with Gasteiger partial charge in [0.05, 0.1) is 18.8 Å². The molecule has 0 aliphatic carbocycles. The summed E-state index contributed by atoms with van der Waals surface area (Å²) in [5.41, 5.74) is 2.28. The first-order valence-corrected chi connectivity index (χ1v) is 11.4. The standard InChI is InChI=1S/C27H37NO3/c1-20(22-11-7-6-8-12-22)28(21(2)29)17-15-24(23-16-18-31-27(3,4)19-23)25-13-9-10-14-26(25)30-5/h6-14,20,23-24H,15-19H2,1-5H3/t20-,23+,24-/m1/s1. The van der Waals surface area contributed by atoms with Crippen molar-refractivity contribution in [3.63, 3.8) is 0 Å². The number of carbonyl (C=O) groups excluding carboxylic acids is 1. The van der Waals surface area contributed by atoms with Crippen LogP contribution in [0.5, 0.6) is 5.75 Å². The molecular formula is C27H37NO3. The molecule has 31 heavy (non-hydrogen) atoms. The van der Waals surface area contributed by atoms with Gasteiger partial charge in [0.1, 0.15) is 5.75 Å². The average Bonchev–Trinajstić information content (AvgIpc) is 2.76. The summed E-state index contributed by atoms with van der Waals surface area (Å²) in [6, 6.07) is 18.7. The van der Waals surface area contributed by atoms with Crippen LogP contribution in [-0.2, 0) is 9.53 Å². The van der Waals surface area contributed by atoms with E-state index in [4.69, 9.17) is 9.47 Å². The van der Waals surface area contributed by atoms with Crippen LogP contribution in [-0.4, -0.2) is 36.7 Å². The summed E-state index contributed by atoms with van der Waals surface area (Å²) in [6.45, 7) is 9.64. The number of ether oxygens (including phenoxy) is 2. The van der Waals surface area contributed by atoms with Crippen molar-refractivity contribution in [2.45, 2.75) is 64.5 Å². The molecule has 2 aromatic rings. The Labute approximate surface area is 187 Å². The first-order chi connectivity index (χ1) is 14.8. The number of carbonyl (C=O) groups is 1. The van der Waals surface area contributed by atoms with E-state index in [1.165, 1.54) is 11.1 Å². The van der Waals surface area contributed by atoms with Gasteiger partial charge in [-0.2, -0.15) is 0 Å².